The average molecular weight is 288 g/mol. The Hall–Kier alpha value is -1.23. The van der Waals surface area contributed by atoms with Gasteiger partial charge in [-0.05, 0) is 30.5 Å². The summed E-state index contributed by atoms with van der Waals surface area (Å²) in [5.41, 5.74) is 5.80. The maximum atomic E-state index is 6.01. The third kappa shape index (κ3) is 2.92. The highest BCUT2D eigenvalue weighted by Crippen LogP contribution is 2.34. The third-order valence-corrected chi connectivity index (χ3v) is 4.41. The first-order chi connectivity index (χ1) is 9.88. The summed E-state index contributed by atoms with van der Waals surface area (Å²) in [6.07, 6.45) is 2.13. The van der Waals surface area contributed by atoms with E-state index in [0.717, 1.165) is 31.7 Å². The van der Waals surface area contributed by atoms with E-state index in [0.29, 0.717) is 0 Å². The Morgan fingerprint density at radius 2 is 2.35 bits per heavy atom. The average Bonchev–Trinajstić information content (AvgIpc) is 3.01. The number of aromatic nitrogens is 1. The zero-order valence-corrected chi connectivity index (χ0v) is 12.5. The van der Waals surface area contributed by atoms with Gasteiger partial charge in [0.15, 0.2) is 0 Å². The van der Waals surface area contributed by atoms with Crippen LogP contribution >= 0.6 is 11.3 Å². The van der Waals surface area contributed by atoms with Crippen LogP contribution in [0.4, 0.5) is 0 Å². The van der Waals surface area contributed by atoms with Crippen LogP contribution in [0.5, 0.6) is 0 Å². The molecule has 0 saturated heterocycles. The summed E-state index contributed by atoms with van der Waals surface area (Å²) in [4.78, 5) is 4.46. The summed E-state index contributed by atoms with van der Waals surface area (Å²) in [7, 11) is 0. The number of hydrogen-bond acceptors (Lipinski definition) is 4. The van der Waals surface area contributed by atoms with Crippen LogP contribution in [-0.2, 0) is 11.2 Å². The lowest BCUT2D eigenvalue weighted by Crippen LogP contribution is -2.26. The highest BCUT2D eigenvalue weighted by Gasteiger charge is 2.25. The Morgan fingerprint density at radius 3 is 3.15 bits per heavy atom. The highest BCUT2D eigenvalue weighted by atomic mass is 32.1. The van der Waals surface area contributed by atoms with Crippen LogP contribution in [-0.4, -0.2) is 18.1 Å². The Bertz CT molecular complexity index is 541. The van der Waals surface area contributed by atoms with E-state index in [2.05, 4.69) is 46.9 Å². The summed E-state index contributed by atoms with van der Waals surface area (Å²) in [5, 5.41) is 5.65. The molecule has 0 saturated carbocycles. The van der Waals surface area contributed by atoms with Gasteiger partial charge in [0.2, 0.25) is 0 Å². The molecule has 0 spiro atoms. The zero-order chi connectivity index (χ0) is 13.8. The van der Waals surface area contributed by atoms with Gasteiger partial charge in [-0.3, -0.25) is 0 Å². The van der Waals surface area contributed by atoms with E-state index in [1.807, 2.05) is 5.51 Å². The van der Waals surface area contributed by atoms with Gasteiger partial charge in [0.25, 0.3) is 0 Å². The van der Waals surface area contributed by atoms with Crippen molar-refractivity contribution >= 4 is 11.3 Å². The second-order valence-electron chi connectivity index (χ2n) is 5.07. The van der Waals surface area contributed by atoms with Gasteiger partial charge in [-0.15, -0.1) is 11.3 Å². The summed E-state index contributed by atoms with van der Waals surface area (Å²) >= 11 is 1.65. The van der Waals surface area contributed by atoms with Gasteiger partial charge in [-0.1, -0.05) is 31.2 Å². The van der Waals surface area contributed by atoms with Gasteiger partial charge >= 0.3 is 0 Å². The maximum absolute atomic E-state index is 6.01. The van der Waals surface area contributed by atoms with Crippen LogP contribution in [0.25, 0.3) is 0 Å². The fraction of sp³-hybridized carbons (Fsp3) is 0.438. The number of fused-ring (bicyclic) bond motifs is 1. The first-order valence-corrected chi connectivity index (χ1v) is 8.13. The molecule has 1 aromatic carbocycles. The topological polar surface area (TPSA) is 34.1 Å². The fourth-order valence-electron chi connectivity index (χ4n) is 2.83. The van der Waals surface area contributed by atoms with Gasteiger partial charge in [-0.25, -0.2) is 4.98 Å². The van der Waals surface area contributed by atoms with Crippen molar-refractivity contribution in [2.45, 2.75) is 31.9 Å². The molecule has 3 rings (SSSR count). The van der Waals surface area contributed by atoms with Crippen LogP contribution in [0.3, 0.4) is 0 Å². The molecule has 0 aliphatic carbocycles. The van der Waals surface area contributed by atoms with E-state index in [1.54, 1.807) is 11.3 Å². The van der Waals surface area contributed by atoms with Crippen LogP contribution in [0.15, 0.2) is 35.2 Å². The molecule has 1 N–H and O–H groups in total. The van der Waals surface area contributed by atoms with Crippen LogP contribution in [0.2, 0.25) is 0 Å². The smallest absolute Gasteiger partial charge is 0.0846 e. The number of benzene rings is 1. The van der Waals surface area contributed by atoms with Crippen molar-refractivity contribution in [2.24, 2.45) is 0 Å². The van der Waals surface area contributed by atoms with Crippen molar-refractivity contribution in [3.05, 3.63) is 52.0 Å². The number of nitrogens with zero attached hydrogens (tertiary/aromatic N) is 1. The highest BCUT2D eigenvalue weighted by molar-refractivity contribution is 7.07. The SMILES string of the molecule is CCNC(CC1OCCc2ccccc21)c1cscn1. The predicted octanol–water partition coefficient (Wildman–Crippen LogP) is 3.50. The molecule has 1 aromatic heterocycles. The molecular formula is C16H20N2OS. The Labute approximate surface area is 124 Å². The number of nitrogens with one attached hydrogen (secondary N) is 1. The predicted molar refractivity (Wildman–Crippen MR) is 82.0 cm³/mol. The summed E-state index contributed by atoms with van der Waals surface area (Å²) in [6, 6.07) is 8.90. The molecule has 1 aliphatic heterocycles. The van der Waals surface area contributed by atoms with Crippen LogP contribution in [0.1, 0.15) is 42.3 Å². The normalized spacial score (nSPS) is 19.6. The van der Waals surface area contributed by atoms with Gasteiger partial charge < -0.3 is 10.1 Å². The molecule has 0 fully saturated rings. The van der Waals surface area contributed by atoms with Gasteiger partial charge in [0.1, 0.15) is 0 Å². The van der Waals surface area contributed by atoms with Crippen molar-refractivity contribution in [2.75, 3.05) is 13.2 Å². The molecule has 20 heavy (non-hydrogen) atoms. The molecule has 3 nitrogen and oxygen atoms in total. The molecule has 106 valence electrons. The van der Waals surface area contributed by atoms with Crippen molar-refractivity contribution in [3.8, 4) is 0 Å². The minimum Gasteiger partial charge on any atom is -0.373 e. The quantitative estimate of drug-likeness (QED) is 0.914. The monoisotopic (exact) mass is 288 g/mol. The lowest BCUT2D eigenvalue weighted by molar-refractivity contribution is 0.0291. The van der Waals surface area contributed by atoms with E-state index in [9.17, 15) is 0 Å². The van der Waals surface area contributed by atoms with E-state index in [4.69, 9.17) is 4.74 Å². The van der Waals surface area contributed by atoms with Crippen molar-refractivity contribution in [1.82, 2.24) is 10.3 Å². The zero-order valence-electron chi connectivity index (χ0n) is 11.7. The van der Waals surface area contributed by atoms with Crippen LogP contribution < -0.4 is 5.32 Å². The fourth-order valence-corrected chi connectivity index (χ4v) is 3.44. The Kier molecular flexibility index (Phi) is 4.45. The van der Waals surface area contributed by atoms with Gasteiger partial charge in [-0.2, -0.15) is 0 Å². The maximum Gasteiger partial charge on any atom is 0.0846 e. The summed E-state index contributed by atoms with van der Waals surface area (Å²) in [6.45, 7) is 3.89. The lowest BCUT2D eigenvalue weighted by Gasteiger charge is -2.29. The summed E-state index contributed by atoms with van der Waals surface area (Å²) < 4.78 is 6.01. The first-order valence-electron chi connectivity index (χ1n) is 7.19. The van der Waals surface area contributed by atoms with E-state index in [-0.39, 0.29) is 12.1 Å². The number of hydrogen-bond donors (Lipinski definition) is 1. The lowest BCUT2D eigenvalue weighted by atomic mass is 9.93. The molecule has 0 radical (unpaired) electrons. The van der Waals surface area contributed by atoms with Gasteiger partial charge in [0.05, 0.1) is 30.0 Å². The summed E-state index contributed by atoms with van der Waals surface area (Å²) in [5.74, 6) is 0. The van der Waals surface area contributed by atoms with Crippen LogP contribution in [0, 0.1) is 0 Å². The molecule has 4 heteroatoms. The standard InChI is InChI=1S/C16H20N2OS/c1-2-17-14(15-10-20-11-18-15)9-16-13-6-4-3-5-12(13)7-8-19-16/h3-6,10-11,14,16-17H,2,7-9H2,1H3. The van der Waals surface area contributed by atoms with Gasteiger partial charge in [0, 0.05) is 5.38 Å². The molecular weight excluding hydrogens is 268 g/mol. The Morgan fingerprint density at radius 1 is 1.45 bits per heavy atom. The molecule has 2 atom stereocenters. The number of thiazole rings is 1. The van der Waals surface area contributed by atoms with Crippen molar-refractivity contribution < 1.29 is 4.74 Å². The minimum atomic E-state index is 0.172. The largest absolute Gasteiger partial charge is 0.373 e. The van der Waals surface area contributed by atoms with E-state index < -0.39 is 0 Å². The van der Waals surface area contributed by atoms with Crippen molar-refractivity contribution in [3.63, 3.8) is 0 Å². The molecule has 2 heterocycles. The minimum absolute atomic E-state index is 0.172. The number of ether oxygens (including phenoxy) is 1. The second-order valence-corrected chi connectivity index (χ2v) is 5.79. The molecule has 2 unspecified atom stereocenters. The molecule has 2 aromatic rings. The third-order valence-electron chi connectivity index (χ3n) is 3.80. The second kappa shape index (κ2) is 6.48. The molecule has 0 amide bonds. The Balaban J connectivity index is 1.79. The number of rotatable bonds is 5. The first kappa shape index (κ1) is 13.7. The van der Waals surface area contributed by atoms with E-state index in [1.165, 1.54) is 11.1 Å². The van der Waals surface area contributed by atoms with E-state index >= 15 is 0 Å². The molecule has 1 aliphatic rings. The van der Waals surface area contributed by atoms with Crippen molar-refractivity contribution in [1.29, 1.82) is 0 Å². The molecule has 0 bridgehead atoms.